The lowest BCUT2D eigenvalue weighted by Gasteiger charge is -2.33. The molecule has 1 heterocycles. The molecular formula is C23H27FN2O2S. The van der Waals surface area contributed by atoms with Gasteiger partial charge in [-0.15, -0.1) is 6.58 Å². The van der Waals surface area contributed by atoms with Gasteiger partial charge < -0.3 is 10.2 Å². The van der Waals surface area contributed by atoms with E-state index in [1.165, 1.54) is 34.8 Å². The molecule has 1 aliphatic rings. The van der Waals surface area contributed by atoms with Crippen LogP contribution in [0.25, 0.3) is 0 Å². The number of halogens is 1. The Bertz CT molecular complexity index is 814. The number of carbonyl (C=O) groups excluding carboxylic acids is 2. The van der Waals surface area contributed by atoms with Gasteiger partial charge in [-0.25, -0.2) is 4.39 Å². The van der Waals surface area contributed by atoms with E-state index >= 15 is 0 Å². The fourth-order valence-electron chi connectivity index (χ4n) is 3.80. The molecule has 1 N–H and O–H groups in total. The van der Waals surface area contributed by atoms with Gasteiger partial charge in [0.25, 0.3) is 0 Å². The first kappa shape index (κ1) is 21.2. The van der Waals surface area contributed by atoms with Gasteiger partial charge in [-0.05, 0) is 52.9 Å². The quantitative estimate of drug-likeness (QED) is 0.640. The normalized spacial score (nSPS) is 15.5. The lowest BCUT2D eigenvalue weighted by molar-refractivity contribution is -0.140. The lowest BCUT2D eigenvalue weighted by atomic mass is 9.94. The fourth-order valence-corrected chi connectivity index (χ4v) is 4.47. The van der Waals surface area contributed by atoms with E-state index in [0.29, 0.717) is 5.56 Å². The van der Waals surface area contributed by atoms with Gasteiger partial charge in [0.15, 0.2) is 0 Å². The molecule has 29 heavy (non-hydrogen) atoms. The zero-order chi connectivity index (χ0) is 20.6. The van der Waals surface area contributed by atoms with Gasteiger partial charge in [-0.2, -0.15) is 11.3 Å². The first-order chi connectivity index (χ1) is 14.1. The Morgan fingerprint density at radius 1 is 1.21 bits per heavy atom. The van der Waals surface area contributed by atoms with E-state index in [1.54, 1.807) is 18.2 Å². The fraction of sp³-hybridized carbons (Fsp3) is 0.391. The van der Waals surface area contributed by atoms with Crippen molar-refractivity contribution in [2.45, 2.75) is 50.6 Å². The molecule has 1 aliphatic carbocycles. The third-order valence-corrected chi connectivity index (χ3v) is 6.01. The van der Waals surface area contributed by atoms with Crippen molar-refractivity contribution in [2.75, 3.05) is 6.54 Å². The maximum Gasteiger partial charge on any atom is 0.247 e. The van der Waals surface area contributed by atoms with Crippen molar-refractivity contribution in [3.8, 4) is 0 Å². The monoisotopic (exact) mass is 414 g/mol. The van der Waals surface area contributed by atoms with Crippen molar-refractivity contribution in [1.29, 1.82) is 0 Å². The molecule has 0 radical (unpaired) electrons. The summed E-state index contributed by atoms with van der Waals surface area (Å²) in [4.78, 5) is 27.9. The van der Waals surface area contributed by atoms with Crippen LogP contribution in [0.15, 0.2) is 53.7 Å². The highest BCUT2D eigenvalue weighted by Gasteiger charge is 2.32. The molecule has 154 valence electrons. The van der Waals surface area contributed by atoms with E-state index in [1.807, 2.05) is 16.8 Å². The van der Waals surface area contributed by atoms with Crippen molar-refractivity contribution >= 4 is 23.2 Å². The second-order valence-corrected chi connectivity index (χ2v) is 8.22. The summed E-state index contributed by atoms with van der Waals surface area (Å²) in [6.45, 7) is 4.00. The Kier molecular flexibility index (Phi) is 7.58. The minimum Gasteiger partial charge on any atom is -0.351 e. The van der Waals surface area contributed by atoms with Crippen LogP contribution in [0, 0.1) is 5.82 Å². The average molecular weight is 415 g/mol. The molecule has 0 aliphatic heterocycles. The topological polar surface area (TPSA) is 49.4 Å². The second kappa shape index (κ2) is 10.3. The second-order valence-electron chi connectivity index (χ2n) is 7.44. The van der Waals surface area contributed by atoms with Crippen LogP contribution in [0.3, 0.4) is 0 Å². The predicted molar refractivity (Wildman–Crippen MR) is 114 cm³/mol. The number of rotatable bonds is 8. The Hall–Kier alpha value is -2.47. The molecule has 1 fully saturated rings. The van der Waals surface area contributed by atoms with Crippen LogP contribution in [0.2, 0.25) is 0 Å². The van der Waals surface area contributed by atoms with E-state index in [0.717, 1.165) is 31.2 Å². The summed E-state index contributed by atoms with van der Waals surface area (Å²) in [5, 5.41) is 6.98. The van der Waals surface area contributed by atoms with Crippen LogP contribution in [0.5, 0.6) is 0 Å². The predicted octanol–water partition coefficient (Wildman–Crippen LogP) is 4.63. The SMILES string of the molecule is C=CCN(C(=O)Cc1ccsc1)C(C(=O)NC1CCCCC1)c1ccc(F)cc1. The van der Waals surface area contributed by atoms with Crippen LogP contribution in [0.1, 0.15) is 49.3 Å². The zero-order valence-corrected chi connectivity index (χ0v) is 17.3. The molecule has 1 aromatic carbocycles. The molecule has 1 aromatic heterocycles. The highest BCUT2D eigenvalue weighted by atomic mass is 32.1. The molecular weight excluding hydrogens is 387 g/mol. The molecule has 1 unspecified atom stereocenters. The van der Waals surface area contributed by atoms with Gasteiger partial charge in [0.05, 0.1) is 6.42 Å². The Labute approximate surface area is 175 Å². The van der Waals surface area contributed by atoms with Crippen LogP contribution >= 0.6 is 11.3 Å². The van der Waals surface area contributed by atoms with Crippen molar-refractivity contribution in [3.63, 3.8) is 0 Å². The molecule has 3 rings (SSSR count). The number of amides is 2. The number of hydrogen-bond donors (Lipinski definition) is 1. The number of benzene rings is 1. The van der Waals surface area contributed by atoms with Crippen LogP contribution in [0.4, 0.5) is 4.39 Å². The van der Waals surface area contributed by atoms with Gasteiger partial charge in [-0.3, -0.25) is 9.59 Å². The number of thiophene rings is 1. The van der Waals surface area contributed by atoms with E-state index in [9.17, 15) is 14.0 Å². The molecule has 1 saturated carbocycles. The minimum atomic E-state index is -0.818. The first-order valence-electron chi connectivity index (χ1n) is 10.1. The summed E-state index contributed by atoms with van der Waals surface area (Å²) in [7, 11) is 0. The largest absolute Gasteiger partial charge is 0.351 e. The molecule has 0 bridgehead atoms. The Balaban J connectivity index is 1.87. The maximum atomic E-state index is 13.5. The number of nitrogens with one attached hydrogen (secondary N) is 1. The molecule has 2 amide bonds. The number of nitrogens with zero attached hydrogens (tertiary/aromatic N) is 1. The van der Waals surface area contributed by atoms with Gasteiger partial charge in [-0.1, -0.05) is 37.5 Å². The van der Waals surface area contributed by atoms with Crippen LogP contribution < -0.4 is 5.32 Å². The van der Waals surface area contributed by atoms with Crippen molar-refractivity contribution in [1.82, 2.24) is 10.2 Å². The van der Waals surface area contributed by atoms with Crippen LogP contribution in [-0.2, 0) is 16.0 Å². The number of carbonyl (C=O) groups is 2. The molecule has 1 atom stereocenters. The van der Waals surface area contributed by atoms with Gasteiger partial charge in [0.1, 0.15) is 11.9 Å². The first-order valence-corrected chi connectivity index (χ1v) is 11.0. The van der Waals surface area contributed by atoms with Crippen molar-refractivity contribution in [2.24, 2.45) is 0 Å². The maximum absolute atomic E-state index is 13.5. The van der Waals surface area contributed by atoms with Gasteiger partial charge in [0, 0.05) is 12.6 Å². The average Bonchev–Trinajstić information content (AvgIpc) is 3.22. The summed E-state index contributed by atoms with van der Waals surface area (Å²) < 4.78 is 13.5. The van der Waals surface area contributed by atoms with Gasteiger partial charge in [0.2, 0.25) is 11.8 Å². The molecule has 0 spiro atoms. The third kappa shape index (κ3) is 5.76. The van der Waals surface area contributed by atoms with Crippen LogP contribution in [-0.4, -0.2) is 29.3 Å². The summed E-state index contributed by atoms with van der Waals surface area (Å²) in [6, 6.07) is 7.02. The highest BCUT2D eigenvalue weighted by molar-refractivity contribution is 7.08. The molecule has 2 aromatic rings. The summed E-state index contributed by atoms with van der Waals surface area (Å²) in [5.74, 6) is -0.750. The highest BCUT2D eigenvalue weighted by Crippen LogP contribution is 2.25. The lowest BCUT2D eigenvalue weighted by Crippen LogP contribution is -2.47. The molecule has 4 nitrogen and oxygen atoms in total. The molecule has 6 heteroatoms. The zero-order valence-electron chi connectivity index (χ0n) is 16.5. The standard InChI is InChI=1S/C23H27FN2O2S/c1-2-13-26(21(27)15-17-12-14-29-16-17)22(18-8-10-19(24)11-9-18)23(28)25-20-6-4-3-5-7-20/h2,8-12,14,16,20,22H,1,3-7,13,15H2,(H,25,28). The summed E-state index contributed by atoms with van der Waals surface area (Å²) in [6.07, 6.45) is 7.12. The third-order valence-electron chi connectivity index (χ3n) is 5.28. The van der Waals surface area contributed by atoms with Crippen molar-refractivity contribution in [3.05, 3.63) is 70.7 Å². The summed E-state index contributed by atoms with van der Waals surface area (Å²) in [5.41, 5.74) is 1.51. The van der Waals surface area contributed by atoms with E-state index < -0.39 is 6.04 Å². The Morgan fingerprint density at radius 2 is 1.93 bits per heavy atom. The van der Waals surface area contributed by atoms with E-state index in [-0.39, 0.29) is 36.6 Å². The summed E-state index contributed by atoms with van der Waals surface area (Å²) >= 11 is 1.53. The van der Waals surface area contributed by atoms with E-state index in [4.69, 9.17) is 0 Å². The smallest absolute Gasteiger partial charge is 0.247 e. The van der Waals surface area contributed by atoms with E-state index in [2.05, 4.69) is 11.9 Å². The Morgan fingerprint density at radius 3 is 2.55 bits per heavy atom. The van der Waals surface area contributed by atoms with Crippen molar-refractivity contribution < 1.29 is 14.0 Å². The number of hydrogen-bond acceptors (Lipinski definition) is 3. The molecule has 0 saturated heterocycles. The minimum absolute atomic E-state index is 0.122. The van der Waals surface area contributed by atoms with Gasteiger partial charge >= 0.3 is 0 Å².